The van der Waals surface area contributed by atoms with Crippen molar-refractivity contribution in [1.82, 2.24) is 5.32 Å². The number of amides is 1. The third-order valence-corrected chi connectivity index (χ3v) is 9.46. The van der Waals surface area contributed by atoms with E-state index in [9.17, 15) is 30.3 Å². The molecule has 0 bridgehead atoms. The zero-order valence-electron chi connectivity index (χ0n) is 29.6. The van der Waals surface area contributed by atoms with Crippen molar-refractivity contribution in [2.75, 3.05) is 13.2 Å². The average Bonchev–Trinajstić information content (AvgIpc) is 3.05. The Balaban J connectivity index is 2.41. The van der Waals surface area contributed by atoms with Gasteiger partial charge in [0.1, 0.15) is 24.4 Å². The number of rotatable bonds is 31. The van der Waals surface area contributed by atoms with Crippen LogP contribution in [0.1, 0.15) is 174 Å². The number of carbonyl (C=O) groups is 1. The fraction of sp³-hybridized carbons (Fsp3) is 0.973. The lowest BCUT2D eigenvalue weighted by molar-refractivity contribution is -0.302. The minimum absolute atomic E-state index is 0.133. The second kappa shape index (κ2) is 29.1. The van der Waals surface area contributed by atoms with E-state index in [2.05, 4.69) is 19.2 Å². The molecular weight excluding hydrogens is 586 g/mol. The summed E-state index contributed by atoms with van der Waals surface area (Å²) in [6.07, 6.45) is 21.1. The number of hydrogen-bond acceptors (Lipinski definition) is 8. The molecule has 46 heavy (non-hydrogen) atoms. The lowest BCUT2D eigenvalue weighted by Gasteiger charge is -2.40. The predicted molar refractivity (Wildman–Crippen MR) is 184 cm³/mol. The zero-order chi connectivity index (χ0) is 33.8. The zero-order valence-corrected chi connectivity index (χ0v) is 29.6. The second-order valence-corrected chi connectivity index (χ2v) is 13.7. The van der Waals surface area contributed by atoms with Crippen molar-refractivity contribution in [3.63, 3.8) is 0 Å². The van der Waals surface area contributed by atoms with Crippen LogP contribution in [-0.4, -0.2) is 87.5 Å². The van der Waals surface area contributed by atoms with E-state index in [1.165, 1.54) is 109 Å². The first-order valence-electron chi connectivity index (χ1n) is 19.2. The second-order valence-electron chi connectivity index (χ2n) is 13.7. The molecule has 0 radical (unpaired) electrons. The molecule has 1 fully saturated rings. The van der Waals surface area contributed by atoms with Crippen molar-refractivity contribution < 1.29 is 39.8 Å². The van der Waals surface area contributed by atoms with Crippen molar-refractivity contribution in [3.05, 3.63) is 0 Å². The summed E-state index contributed by atoms with van der Waals surface area (Å²) in [6.45, 7) is 3.80. The van der Waals surface area contributed by atoms with Crippen molar-refractivity contribution in [2.45, 2.75) is 217 Å². The summed E-state index contributed by atoms with van der Waals surface area (Å²) in [6, 6.07) is -0.708. The summed E-state index contributed by atoms with van der Waals surface area (Å²) in [5.41, 5.74) is 0. The molecule has 1 heterocycles. The topological polar surface area (TPSA) is 149 Å². The highest BCUT2D eigenvalue weighted by molar-refractivity contribution is 5.76. The van der Waals surface area contributed by atoms with Gasteiger partial charge >= 0.3 is 0 Å². The maximum Gasteiger partial charge on any atom is 0.220 e. The molecule has 1 saturated heterocycles. The van der Waals surface area contributed by atoms with Crippen LogP contribution in [0.15, 0.2) is 0 Å². The Morgan fingerprint density at radius 3 is 1.54 bits per heavy atom. The van der Waals surface area contributed by atoms with Gasteiger partial charge in [-0.2, -0.15) is 0 Å². The monoisotopic (exact) mass is 660 g/mol. The van der Waals surface area contributed by atoms with Crippen LogP contribution in [0.25, 0.3) is 0 Å². The Morgan fingerprint density at radius 1 is 0.652 bits per heavy atom. The number of aliphatic hydroxyl groups excluding tert-OH is 5. The summed E-state index contributed by atoms with van der Waals surface area (Å²) in [7, 11) is 0. The molecule has 0 aromatic heterocycles. The van der Waals surface area contributed by atoms with Crippen LogP contribution in [0.3, 0.4) is 0 Å². The number of hydrogen-bond donors (Lipinski definition) is 6. The van der Waals surface area contributed by atoms with E-state index in [-0.39, 0.29) is 12.5 Å². The average molecular weight is 660 g/mol. The van der Waals surface area contributed by atoms with Gasteiger partial charge in [0.15, 0.2) is 6.29 Å². The normalized spacial score (nSPS) is 23.0. The fourth-order valence-electron chi connectivity index (χ4n) is 6.28. The highest BCUT2D eigenvalue weighted by Gasteiger charge is 2.44. The van der Waals surface area contributed by atoms with E-state index in [0.29, 0.717) is 12.8 Å². The summed E-state index contributed by atoms with van der Waals surface area (Å²) in [5, 5.41) is 53.9. The van der Waals surface area contributed by atoms with Gasteiger partial charge in [0.25, 0.3) is 0 Å². The number of aliphatic hydroxyl groups is 5. The Kier molecular flexibility index (Phi) is 27.4. The summed E-state index contributed by atoms with van der Waals surface area (Å²) in [4.78, 5) is 12.8. The maximum absolute atomic E-state index is 12.8. The van der Waals surface area contributed by atoms with E-state index in [1.54, 1.807) is 0 Å². The van der Waals surface area contributed by atoms with Gasteiger partial charge in [-0.15, -0.1) is 0 Å². The highest BCUT2D eigenvalue weighted by atomic mass is 16.7. The molecule has 0 aliphatic carbocycles. The molecular formula is C37H73NO8. The Hall–Kier alpha value is -0.810. The first-order valence-corrected chi connectivity index (χ1v) is 19.2. The predicted octanol–water partition coefficient (Wildman–Crippen LogP) is 6.44. The van der Waals surface area contributed by atoms with E-state index in [4.69, 9.17) is 9.47 Å². The number of nitrogens with one attached hydrogen (secondary N) is 1. The third kappa shape index (κ3) is 20.5. The van der Waals surface area contributed by atoms with E-state index in [0.717, 1.165) is 38.5 Å². The minimum atomic E-state index is -1.55. The summed E-state index contributed by atoms with van der Waals surface area (Å²) in [5.74, 6) is -0.146. The smallest absolute Gasteiger partial charge is 0.220 e. The molecule has 9 nitrogen and oxygen atoms in total. The van der Waals surface area contributed by atoms with Crippen LogP contribution in [0.4, 0.5) is 0 Å². The van der Waals surface area contributed by atoms with Crippen molar-refractivity contribution in [3.8, 4) is 0 Å². The van der Waals surface area contributed by atoms with Gasteiger partial charge in [0.05, 0.1) is 25.4 Å². The summed E-state index contributed by atoms with van der Waals surface area (Å²) >= 11 is 0. The molecule has 1 rings (SSSR count). The standard InChI is InChI=1S/C37H73NO8/c1-3-5-7-9-11-13-15-16-17-19-21-23-25-27-33(41)38-30(29-45-37-36(44)35(43)34(42)32(28-39)46-37)31(40)26-24-22-20-18-14-12-10-8-6-4-2/h30-32,34-37,39-40,42-44H,3-29H2,1-2H3,(H,38,41)/t30-,31+,32-,34-,35?,36?,37-/m0/s1. The van der Waals surface area contributed by atoms with Crippen LogP contribution < -0.4 is 5.32 Å². The van der Waals surface area contributed by atoms with Gasteiger partial charge in [0, 0.05) is 6.42 Å². The van der Waals surface area contributed by atoms with Crippen LogP contribution in [0, 0.1) is 0 Å². The van der Waals surface area contributed by atoms with Gasteiger partial charge in [0.2, 0.25) is 5.91 Å². The quantitative estimate of drug-likeness (QED) is 0.0466. The molecule has 0 aromatic rings. The van der Waals surface area contributed by atoms with Crippen LogP contribution >= 0.6 is 0 Å². The molecule has 2 unspecified atom stereocenters. The molecule has 7 atom stereocenters. The molecule has 0 spiro atoms. The van der Waals surface area contributed by atoms with Crippen LogP contribution in [0.5, 0.6) is 0 Å². The Bertz CT molecular complexity index is 696. The van der Waals surface area contributed by atoms with E-state index in [1.807, 2.05) is 0 Å². The van der Waals surface area contributed by atoms with E-state index >= 15 is 0 Å². The number of unbranched alkanes of at least 4 members (excludes halogenated alkanes) is 21. The Morgan fingerprint density at radius 2 is 1.09 bits per heavy atom. The molecule has 274 valence electrons. The van der Waals surface area contributed by atoms with Crippen molar-refractivity contribution >= 4 is 5.91 Å². The minimum Gasteiger partial charge on any atom is -0.394 e. The molecule has 1 aliphatic rings. The fourth-order valence-corrected chi connectivity index (χ4v) is 6.28. The molecule has 1 amide bonds. The van der Waals surface area contributed by atoms with Gasteiger partial charge in [-0.25, -0.2) is 0 Å². The van der Waals surface area contributed by atoms with Crippen LogP contribution in [0.2, 0.25) is 0 Å². The lowest BCUT2D eigenvalue weighted by atomic mass is 9.99. The van der Waals surface area contributed by atoms with Crippen LogP contribution in [-0.2, 0) is 14.3 Å². The maximum atomic E-state index is 12.8. The Labute approximate surface area is 281 Å². The highest BCUT2D eigenvalue weighted by Crippen LogP contribution is 2.23. The third-order valence-electron chi connectivity index (χ3n) is 9.46. The van der Waals surface area contributed by atoms with E-state index < -0.39 is 49.5 Å². The molecule has 9 heteroatoms. The summed E-state index contributed by atoms with van der Waals surface area (Å²) < 4.78 is 11.2. The number of carbonyl (C=O) groups excluding carboxylic acids is 1. The van der Waals surface area contributed by atoms with Gasteiger partial charge in [-0.1, -0.05) is 155 Å². The lowest BCUT2D eigenvalue weighted by Crippen LogP contribution is -2.60. The van der Waals surface area contributed by atoms with Gasteiger partial charge in [-0.05, 0) is 12.8 Å². The van der Waals surface area contributed by atoms with Gasteiger partial charge in [-0.3, -0.25) is 4.79 Å². The first-order chi connectivity index (χ1) is 22.3. The number of ether oxygens (including phenoxy) is 2. The molecule has 6 N–H and O–H groups in total. The SMILES string of the molecule is CCCCCCCCCCCCCCCC(=O)N[C@@H](CO[C@H]1O[C@@H](CO)[C@H](O)C(O)C1O)[C@H](O)CCCCCCCCCCCC. The molecule has 0 aromatic carbocycles. The molecule has 0 saturated carbocycles. The van der Waals surface area contributed by atoms with Crippen molar-refractivity contribution in [1.29, 1.82) is 0 Å². The largest absolute Gasteiger partial charge is 0.394 e. The first kappa shape index (κ1) is 43.2. The molecule has 1 aliphatic heterocycles. The van der Waals surface area contributed by atoms with Crippen molar-refractivity contribution in [2.24, 2.45) is 0 Å². The van der Waals surface area contributed by atoms with Gasteiger partial charge < -0.3 is 40.3 Å².